The SMILES string of the molecule is CN(N)/C(=C(\N)COc1ccc(Cl)c2c1[C@@H](CN1CC3(CC3)CC1=O)N(C(=O)[C@@H]1C[C@@H](O)CC[C@]1(C)C(=O)O)CC2)C(F)F. The Labute approximate surface area is 259 Å². The molecular weight excluding hydrogens is 600 g/mol. The molecule has 2 heterocycles. The maximum absolute atomic E-state index is 14.4. The summed E-state index contributed by atoms with van der Waals surface area (Å²) in [7, 11) is 1.24. The second-order valence-corrected chi connectivity index (χ2v) is 13.4. The number of ether oxygens (including phenoxy) is 1. The van der Waals surface area contributed by atoms with Crippen LogP contribution in [0.2, 0.25) is 5.02 Å². The average molecular weight is 640 g/mol. The number of likely N-dealkylation sites (tertiary alicyclic amines) is 1. The highest BCUT2D eigenvalue weighted by Gasteiger charge is 2.54. The van der Waals surface area contributed by atoms with E-state index in [1.54, 1.807) is 21.9 Å². The number of aliphatic hydroxyl groups is 1. The molecule has 2 saturated carbocycles. The van der Waals surface area contributed by atoms with Gasteiger partial charge in [-0.3, -0.25) is 14.4 Å². The molecule has 1 aromatic carbocycles. The van der Waals surface area contributed by atoms with Crippen molar-refractivity contribution in [2.75, 3.05) is 33.3 Å². The third kappa shape index (κ3) is 5.93. The molecule has 14 heteroatoms. The summed E-state index contributed by atoms with van der Waals surface area (Å²) < 4.78 is 33.3. The molecule has 6 N–H and O–H groups in total. The molecule has 0 aromatic heterocycles. The summed E-state index contributed by atoms with van der Waals surface area (Å²) in [6, 6.07) is 2.42. The van der Waals surface area contributed by atoms with Crippen LogP contribution in [0.15, 0.2) is 23.5 Å². The van der Waals surface area contributed by atoms with E-state index in [4.69, 9.17) is 27.9 Å². The fourth-order valence-electron chi connectivity index (χ4n) is 7.10. The number of carboxylic acids is 1. The fourth-order valence-corrected chi connectivity index (χ4v) is 7.36. The summed E-state index contributed by atoms with van der Waals surface area (Å²) in [6.07, 6.45) is -0.742. The Kier molecular flexibility index (Phi) is 8.78. The number of hydrazine groups is 1. The molecule has 5 rings (SSSR count). The number of hydrogen-bond acceptors (Lipinski definition) is 8. The zero-order valence-corrected chi connectivity index (χ0v) is 25.7. The van der Waals surface area contributed by atoms with Gasteiger partial charge in [0, 0.05) is 43.7 Å². The number of halogens is 3. The molecule has 0 bridgehead atoms. The number of nitrogens with zero attached hydrogens (tertiary/aromatic N) is 3. The topological polar surface area (TPSA) is 163 Å². The molecule has 4 atom stereocenters. The van der Waals surface area contributed by atoms with Gasteiger partial charge in [0.2, 0.25) is 11.8 Å². The molecule has 1 spiro atoms. The minimum Gasteiger partial charge on any atom is -0.487 e. The number of amides is 2. The van der Waals surface area contributed by atoms with E-state index in [-0.39, 0.29) is 55.1 Å². The van der Waals surface area contributed by atoms with Gasteiger partial charge < -0.3 is 35.5 Å². The van der Waals surface area contributed by atoms with E-state index in [0.717, 1.165) is 17.9 Å². The van der Waals surface area contributed by atoms with Crippen molar-refractivity contribution in [3.8, 4) is 5.75 Å². The Morgan fingerprint density at radius 1 is 1.27 bits per heavy atom. The summed E-state index contributed by atoms with van der Waals surface area (Å²) in [5.74, 6) is 3.23. The number of hydrogen-bond donors (Lipinski definition) is 4. The monoisotopic (exact) mass is 639 g/mol. The third-order valence-electron chi connectivity index (χ3n) is 9.97. The summed E-state index contributed by atoms with van der Waals surface area (Å²) in [6.45, 7) is 1.96. The largest absolute Gasteiger partial charge is 0.487 e. The number of aliphatic hydroxyl groups excluding tert-OH is 1. The molecule has 11 nitrogen and oxygen atoms in total. The van der Waals surface area contributed by atoms with E-state index in [1.807, 2.05) is 0 Å². The Morgan fingerprint density at radius 3 is 2.57 bits per heavy atom. The second kappa shape index (κ2) is 12.0. The standard InChI is InChI=1S/C30H40ClF2N5O6/c1-29(28(42)43)7-5-16(39)11-18(29)27(41)38-10-6-17-19(31)3-4-22(44-14-20(34)25(26(32)33)36(2)35)24(17)21(38)13-37-15-30(8-9-30)12-23(37)40/h3-4,16,18,21,26,39H,5-15,34-35H2,1-2H3,(H,42,43)/b25-20-/t16-,18-,21+,29-/m0/s1. The quantitative estimate of drug-likeness (QED) is 0.235. The Balaban J connectivity index is 1.55. The van der Waals surface area contributed by atoms with Gasteiger partial charge in [-0.15, -0.1) is 0 Å². The van der Waals surface area contributed by atoms with Crippen molar-refractivity contribution < 1.29 is 38.1 Å². The molecular formula is C30H40ClF2N5O6. The normalized spacial score (nSPS) is 28.2. The third-order valence-corrected chi connectivity index (χ3v) is 10.3. The van der Waals surface area contributed by atoms with E-state index in [2.05, 4.69) is 0 Å². The van der Waals surface area contributed by atoms with Crippen molar-refractivity contribution in [2.45, 2.75) is 70.4 Å². The van der Waals surface area contributed by atoms with Crippen molar-refractivity contribution >= 4 is 29.4 Å². The summed E-state index contributed by atoms with van der Waals surface area (Å²) in [5.41, 5.74) is 4.85. The van der Waals surface area contributed by atoms with Crippen LogP contribution in [0.1, 0.15) is 62.6 Å². The van der Waals surface area contributed by atoms with Crippen molar-refractivity contribution in [3.63, 3.8) is 0 Å². The van der Waals surface area contributed by atoms with Gasteiger partial charge in [-0.1, -0.05) is 11.6 Å². The highest BCUT2D eigenvalue weighted by Crippen LogP contribution is 2.54. The molecule has 2 aliphatic carbocycles. The van der Waals surface area contributed by atoms with Crippen LogP contribution in [-0.2, 0) is 20.8 Å². The Bertz CT molecular complexity index is 1360. The highest BCUT2D eigenvalue weighted by atomic mass is 35.5. The lowest BCUT2D eigenvalue weighted by Crippen LogP contribution is -2.54. The van der Waals surface area contributed by atoms with Gasteiger partial charge in [0.15, 0.2) is 0 Å². The van der Waals surface area contributed by atoms with Crippen molar-refractivity contribution in [2.24, 2.45) is 28.3 Å². The van der Waals surface area contributed by atoms with E-state index in [9.17, 15) is 33.4 Å². The van der Waals surface area contributed by atoms with Crippen molar-refractivity contribution in [1.82, 2.24) is 14.8 Å². The molecule has 2 aliphatic heterocycles. The molecule has 1 aromatic rings. The number of benzene rings is 1. The van der Waals surface area contributed by atoms with Gasteiger partial charge in [-0.05, 0) is 68.6 Å². The van der Waals surface area contributed by atoms with Gasteiger partial charge in [0.1, 0.15) is 18.1 Å². The molecule has 2 amide bonds. The molecule has 0 radical (unpaired) electrons. The molecule has 4 aliphatic rings. The minimum atomic E-state index is -2.95. The first-order chi connectivity index (χ1) is 20.7. The number of alkyl halides is 2. The Hall–Kier alpha value is -3.16. The number of fused-ring (bicyclic) bond motifs is 1. The maximum Gasteiger partial charge on any atom is 0.310 e. The van der Waals surface area contributed by atoms with Crippen LogP contribution in [0, 0.1) is 16.7 Å². The van der Waals surface area contributed by atoms with E-state index in [1.165, 1.54) is 14.0 Å². The summed E-state index contributed by atoms with van der Waals surface area (Å²) in [5, 5.41) is 21.8. The van der Waals surface area contributed by atoms with E-state index < -0.39 is 54.1 Å². The first kappa shape index (κ1) is 32.2. The van der Waals surface area contributed by atoms with Crippen LogP contribution >= 0.6 is 11.6 Å². The van der Waals surface area contributed by atoms with Gasteiger partial charge >= 0.3 is 5.97 Å². The van der Waals surface area contributed by atoms with Gasteiger partial charge in [0.05, 0.1) is 29.2 Å². The number of nitrogens with two attached hydrogens (primary N) is 2. The van der Waals surface area contributed by atoms with Crippen molar-refractivity contribution in [1.29, 1.82) is 0 Å². The first-order valence-corrected chi connectivity index (χ1v) is 15.2. The molecule has 242 valence electrons. The highest BCUT2D eigenvalue weighted by molar-refractivity contribution is 6.31. The number of carbonyl (C=O) groups excluding carboxylic acids is 2. The predicted octanol–water partition coefficient (Wildman–Crippen LogP) is 2.65. The molecule has 0 unspecified atom stereocenters. The fraction of sp³-hybridized carbons (Fsp3) is 0.633. The maximum atomic E-state index is 14.4. The number of rotatable bonds is 9. The summed E-state index contributed by atoms with van der Waals surface area (Å²) >= 11 is 6.65. The van der Waals surface area contributed by atoms with Crippen LogP contribution < -0.4 is 16.3 Å². The predicted molar refractivity (Wildman–Crippen MR) is 156 cm³/mol. The number of allylic oxidation sites excluding steroid dienone is 1. The summed E-state index contributed by atoms with van der Waals surface area (Å²) in [4.78, 5) is 43.3. The number of carboxylic acid groups (broad SMARTS) is 1. The second-order valence-electron chi connectivity index (χ2n) is 13.0. The van der Waals surface area contributed by atoms with Gasteiger partial charge in [-0.25, -0.2) is 14.6 Å². The lowest BCUT2D eigenvalue weighted by atomic mass is 9.65. The molecule has 3 fully saturated rings. The molecule has 44 heavy (non-hydrogen) atoms. The van der Waals surface area contributed by atoms with Gasteiger partial charge in [0.25, 0.3) is 6.43 Å². The first-order valence-electron chi connectivity index (χ1n) is 14.9. The van der Waals surface area contributed by atoms with E-state index in [0.29, 0.717) is 35.5 Å². The molecule has 1 saturated heterocycles. The lowest BCUT2D eigenvalue weighted by molar-refractivity contribution is -0.165. The lowest BCUT2D eigenvalue weighted by Gasteiger charge is -2.46. The van der Waals surface area contributed by atoms with Crippen LogP contribution in [0.4, 0.5) is 8.78 Å². The Morgan fingerprint density at radius 2 is 1.98 bits per heavy atom. The minimum absolute atomic E-state index is 0.00723. The zero-order valence-electron chi connectivity index (χ0n) is 24.9. The smallest absolute Gasteiger partial charge is 0.310 e. The van der Waals surface area contributed by atoms with Crippen LogP contribution in [0.5, 0.6) is 5.75 Å². The number of aliphatic carboxylic acids is 1. The van der Waals surface area contributed by atoms with Crippen LogP contribution in [0.25, 0.3) is 0 Å². The van der Waals surface area contributed by atoms with Gasteiger partial charge in [-0.2, -0.15) is 0 Å². The van der Waals surface area contributed by atoms with Crippen LogP contribution in [0.3, 0.4) is 0 Å². The van der Waals surface area contributed by atoms with Crippen molar-refractivity contribution in [3.05, 3.63) is 39.7 Å². The average Bonchev–Trinajstić information content (AvgIpc) is 3.63. The van der Waals surface area contributed by atoms with E-state index >= 15 is 0 Å². The van der Waals surface area contributed by atoms with Crippen LogP contribution in [-0.4, -0.2) is 88.6 Å². The zero-order chi connectivity index (χ0) is 32.1. The number of carbonyl (C=O) groups is 3.